The second-order valence-corrected chi connectivity index (χ2v) is 3.92. The summed E-state index contributed by atoms with van der Waals surface area (Å²) in [5.74, 6) is -5.96. The van der Waals surface area contributed by atoms with E-state index in [1.807, 2.05) is 0 Å². The first-order valence-electron chi connectivity index (χ1n) is 5.20. The molecule has 0 saturated carbocycles. The van der Waals surface area contributed by atoms with Gasteiger partial charge in [0.15, 0.2) is 17.5 Å². The molecule has 7 heteroatoms. The Kier molecular flexibility index (Phi) is 3.22. The third-order valence-corrected chi connectivity index (χ3v) is 2.64. The molecule has 2 rings (SSSR count). The van der Waals surface area contributed by atoms with Crippen molar-refractivity contribution in [2.24, 2.45) is 5.92 Å². The lowest BCUT2D eigenvalue weighted by Gasteiger charge is -2.10. The van der Waals surface area contributed by atoms with Gasteiger partial charge in [-0.25, -0.2) is 13.2 Å². The van der Waals surface area contributed by atoms with Crippen LogP contribution in [-0.4, -0.2) is 18.4 Å². The van der Waals surface area contributed by atoms with E-state index in [2.05, 4.69) is 10.6 Å². The maximum atomic E-state index is 13.3. The topological polar surface area (TPSA) is 58.2 Å². The van der Waals surface area contributed by atoms with Crippen LogP contribution in [0.3, 0.4) is 0 Å². The van der Waals surface area contributed by atoms with Gasteiger partial charge in [0.1, 0.15) is 0 Å². The molecule has 96 valence electrons. The molecular weight excluding hydrogens is 249 g/mol. The molecule has 18 heavy (non-hydrogen) atoms. The summed E-state index contributed by atoms with van der Waals surface area (Å²) in [6.45, 7) is 0.149. The summed E-state index contributed by atoms with van der Waals surface area (Å²) in [7, 11) is 0. The van der Waals surface area contributed by atoms with Crippen molar-refractivity contribution in [2.75, 3.05) is 11.9 Å². The van der Waals surface area contributed by atoms with Gasteiger partial charge in [-0.3, -0.25) is 9.59 Å². The van der Waals surface area contributed by atoms with Crippen LogP contribution in [0.2, 0.25) is 0 Å². The average Bonchev–Trinajstić information content (AvgIpc) is 2.77. The van der Waals surface area contributed by atoms with Gasteiger partial charge in [-0.1, -0.05) is 0 Å². The molecule has 4 nitrogen and oxygen atoms in total. The van der Waals surface area contributed by atoms with Crippen molar-refractivity contribution in [1.29, 1.82) is 0 Å². The monoisotopic (exact) mass is 258 g/mol. The quantitative estimate of drug-likeness (QED) is 0.782. The fourth-order valence-corrected chi connectivity index (χ4v) is 1.65. The van der Waals surface area contributed by atoms with Gasteiger partial charge in [0.05, 0.1) is 11.6 Å². The fourth-order valence-electron chi connectivity index (χ4n) is 1.65. The summed E-state index contributed by atoms with van der Waals surface area (Å²) in [4.78, 5) is 22.5. The maximum Gasteiger partial charge on any atom is 0.229 e. The zero-order valence-corrected chi connectivity index (χ0v) is 9.10. The number of amides is 2. The zero-order valence-electron chi connectivity index (χ0n) is 9.10. The lowest BCUT2D eigenvalue weighted by atomic mass is 10.1. The molecule has 0 aromatic heterocycles. The zero-order chi connectivity index (χ0) is 13.3. The van der Waals surface area contributed by atoms with Crippen LogP contribution in [0, 0.1) is 23.4 Å². The molecule has 2 N–H and O–H groups in total. The Morgan fingerprint density at radius 1 is 1.28 bits per heavy atom. The highest BCUT2D eigenvalue weighted by molar-refractivity contribution is 5.97. The largest absolute Gasteiger partial charge is 0.355 e. The SMILES string of the molecule is O=C1CC(C(=O)Nc2ccc(F)c(F)c2F)CN1. The minimum atomic E-state index is -1.64. The Bertz CT molecular complexity index is 519. The van der Waals surface area contributed by atoms with Crippen LogP contribution < -0.4 is 10.6 Å². The Morgan fingerprint density at radius 2 is 2.00 bits per heavy atom. The van der Waals surface area contributed by atoms with Crippen molar-refractivity contribution in [3.05, 3.63) is 29.6 Å². The Labute approximate surface area is 100 Å². The molecule has 1 saturated heterocycles. The number of hydrogen-bond acceptors (Lipinski definition) is 2. The van der Waals surface area contributed by atoms with E-state index in [1.165, 1.54) is 0 Å². The van der Waals surface area contributed by atoms with Gasteiger partial charge in [0.2, 0.25) is 11.8 Å². The first-order chi connectivity index (χ1) is 8.49. The lowest BCUT2D eigenvalue weighted by Crippen LogP contribution is -2.25. The van der Waals surface area contributed by atoms with Crippen molar-refractivity contribution in [2.45, 2.75) is 6.42 Å². The number of halogens is 3. The fraction of sp³-hybridized carbons (Fsp3) is 0.273. The van der Waals surface area contributed by atoms with Crippen molar-refractivity contribution in [3.8, 4) is 0 Å². The van der Waals surface area contributed by atoms with Gasteiger partial charge in [-0.2, -0.15) is 0 Å². The van der Waals surface area contributed by atoms with E-state index >= 15 is 0 Å². The first kappa shape index (κ1) is 12.4. The van der Waals surface area contributed by atoms with Crippen molar-refractivity contribution < 1.29 is 22.8 Å². The normalized spacial score (nSPS) is 18.6. The van der Waals surface area contributed by atoms with Gasteiger partial charge in [-0.15, -0.1) is 0 Å². The van der Waals surface area contributed by atoms with E-state index < -0.39 is 35.0 Å². The van der Waals surface area contributed by atoms with Gasteiger partial charge in [-0.05, 0) is 12.1 Å². The highest BCUT2D eigenvalue weighted by atomic mass is 19.2. The first-order valence-corrected chi connectivity index (χ1v) is 5.20. The summed E-state index contributed by atoms with van der Waals surface area (Å²) in [6.07, 6.45) is -0.00285. The summed E-state index contributed by atoms with van der Waals surface area (Å²) >= 11 is 0. The van der Waals surface area contributed by atoms with E-state index in [9.17, 15) is 22.8 Å². The molecule has 1 aliphatic heterocycles. The molecular formula is C11H9F3N2O2. The molecule has 0 bridgehead atoms. The molecule has 1 fully saturated rings. The number of benzene rings is 1. The van der Waals surface area contributed by atoms with E-state index in [0.29, 0.717) is 6.07 Å². The second-order valence-electron chi connectivity index (χ2n) is 3.92. The van der Waals surface area contributed by atoms with Crippen molar-refractivity contribution in [1.82, 2.24) is 5.32 Å². The van der Waals surface area contributed by atoms with Gasteiger partial charge < -0.3 is 10.6 Å². The van der Waals surface area contributed by atoms with Gasteiger partial charge >= 0.3 is 0 Å². The van der Waals surface area contributed by atoms with Crippen LogP contribution in [0.25, 0.3) is 0 Å². The predicted molar refractivity (Wildman–Crippen MR) is 56.1 cm³/mol. The molecule has 0 radical (unpaired) electrons. The lowest BCUT2D eigenvalue weighted by molar-refractivity contribution is -0.123. The smallest absolute Gasteiger partial charge is 0.229 e. The number of carbonyl (C=O) groups is 2. The maximum absolute atomic E-state index is 13.3. The summed E-state index contributed by atoms with van der Waals surface area (Å²) in [5, 5.41) is 4.57. The van der Waals surface area contributed by atoms with E-state index in [1.54, 1.807) is 0 Å². The van der Waals surface area contributed by atoms with Crippen molar-refractivity contribution in [3.63, 3.8) is 0 Å². The van der Waals surface area contributed by atoms with Gasteiger partial charge in [0.25, 0.3) is 0 Å². The Morgan fingerprint density at radius 3 is 2.61 bits per heavy atom. The molecule has 1 atom stereocenters. The minimum absolute atomic E-state index is 0.00285. The average molecular weight is 258 g/mol. The Hall–Kier alpha value is -2.05. The number of rotatable bonds is 2. The van der Waals surface area contributed by atoms with Gasteiger partial charge in [0, 0.05) is 13.0 Å². The number of anilines is 1. The van der Waals surface area contributed by atoms with E-state index in [0.717, 1.165) is 6.07 Å². The predicted octanol–water partition coefficient (Wildman–Crippen LogP) is 1.18. The van der Waals surface area contributed by atoms with Crippen LogP contribution in [0.5, 0.6) is 0 Å². The molecule has 1 heterocycles. The standard InChI is InChI=1S/C11H9F3N2O2/c12-6-1-2-7(10(14)9(6)13)16-11(18)5-3-8(17)15-4-5/h1-2,5H,3-4H2,(H,15,17)(H,16,18). The van der Waals surface area contributed by atoms with Crippen LogP contribution in [0.1, 0.15) is 6.42 Å². The van der Waals surface area contributed by atoms with E-state index in [4.69, 9.17) is 0 Å². The highest BCUT2D eigenvalue weighted by Crippen LogP contribution is 2.21. The second kappa shape index (κ2) is 4.67. The highest BCUT2D eigenvalue weighted by Gasteiger charge is 2.28. The molecule has 1 aromatic rings. The van der Waals surface area contributed by atoms with Crippen LogP contribution >= 0.6 is 0 Å². The summed E-state index contributed by atoms with van der Waals surface area (Å²) in [5.41, 5.74) is -0.446. The number of nitrogens with one attached hydrogen (secondary N) is 2. The number of carbonyl (C=O) groups excluding carboxylic acids is 2. The third-order valence-electron chi connectivity index (χ3n) is 2.64. The van der Waals surface area contributed by atoms with Crippen molar-refractivity contribution >= 4 is 17.5 Å². The van der Waals surface area contributed by atoms with Crippen LogP contribution in [0.4, 0.5) is 18.9 Å². The molecule has 1 aliphatic rings. The number of hydrogen-bond donors (Lipinski definition) is 2. The van der Waals surface area contributed by atoms with Crippen LogP contribution in [0.15, 0.2) is 12.1 Å². The molecule has 1 aromatic carbocycles. The molecule has 0 aliphatic carbocycles. The summed E-state index contributed by atoms with van der Waals surface area (Å²) in [6, 6.07) is 1.64. The van der Waals surface area contributed by atoms with E-state index in [-0.39, 0.29) is 18.9 Å². The third kappa shape index (κ3) is 2.29. The minimum Gasteiger partial charge on any atom is -0.355 e. The van der Waals surface area contributed by atoms with Crippen LogP contribution in [-0.2, 0) is 9.59 Å². The molecule has 2 amide bonds. The summed E-state index contributed by atoms with van der Waals surface area (Å²) < 4.78 is 38.9. The Balaban J connectivity index is 2.12. The molecule has 0 spiro atoms. The molecule has 1 unspecified atom stereocenters.